The number of carbonyl (C=O) groups excluding carboxylic acids is 1. The van der Waals surface area contributed by atoms with E-state index < -0.39 is 0 Å². The molecule has 0 unspecified atom stereocenters. The van der Waals surface area contributed by atoms with Crippen LogP contribution >= 0.6 is 11.8 Å². The third-order valence-corrected chi connectivity index (χ3v) is 4.81. The first kappa shape index (κ1) is 13.7. The molecule has 1 aliphatic heterocycles. The van der Waals surface area contributed by atoms with E-state index in [4.69, 9.17) is 0 Å². The molecule has 1 saturated carbocycles. The van der Waals surface area contributed by atoms with Gasteiger partial charge in [0.25, 0.3) is 0 Å². The highest BCUT2D eigenvalue weighted by Crippen LogP contribution is 2.35. The molecule has 1 amide bonds. The molecule has 2 N–H and O–H groups in total. The van der Waals surface area contributed by atoms with Crippen molar-refractivity contribution in [2.24, 2.45) is 4.99 Å². The second-order valence-corrected chi connectivity index (χ2v) is 6.19. The highest BCUT2D eigenvalue weighted by atomic mass is 32.2. The van der Waals surface area contributed by atoms with Crippen LogP contribution in [-0.4, -0.2) is 35.5 Å². The van der Waals surface area contributed by atoms with Crippen molar-refractivity contribution in [2.75, 3.05) is 18.8 Å². The number of carbonyl (C=O) groups is 1. The fraction of sp³-hybridized carbons (Fsp3) is 0.846. The minimum Gasteiger partial charge on any atom is -0.359 e. The summed E-state index contributed by atoms with van der Waals surface area (Å²) in [5.74, 6) is 1.14. The van der Waals surface area contributed by atoms with E-state index in [0.29, 0.717) is 0 Å². The molecule has 0 aromatic heterocycles. The lowest BCUT2D eigenvalue weighted by molar-refractivity contribution is -0.119. The zero-order valence-electron chi connectivity index (χ0n) is 11.1. The molecular formula is C13H23N3OS. The summed E-state index contributed by atoms with van der Waals surface area (Å²) in [6.07, 6.45) is 7.47. The van der Waals surface area contributed by atoms with Crippen LogP contribution in [0.25, 0.3) is 0 Å². The molecular weight excluding hydrogens is 246 g/mol. The zero-order chi connectivity index (χ0) is 12.8. The van der Waals surface area contributed by atoms with Gasteiger partial charge in [-0.1, -0.05) is 37.9 Å². The minimum atomic E-state index is 0.0244. The third kappa shape index (κ3) is 3.64. The van der Waals surface area contributed by atoms with Crippen LogP contribution in [0.5, 0.6) is 0 Å². The van der Waals surface area contributed by atoms with E-state index >= 15 is 0 Å². The maximum atomic E-state index is 11.5. The molecule has 0 aromatic rings. The smallest absolute Gasteiger partial charge is 0.241 e. The number of hydrogen-bond donors (Lipinski definition) is 2. The van der Waals surface area contributed by atoms with Gasteiger partial charge in [-0.15, -0.1) is 0 Å². The van der Waals surface area contributed by atoms with E-state index in [0.717, 1.165) is 23.9 Å². The number of aliphatic imine (C=N–C) groups is 1. The van der Waals surface area contributed by atoms with Gasteiger partial charge in [-0.05, 0) is 19.3 Å². The van der Waals surface area contributed by atoms with E-state index in [9.17, 15) is 4.79 Å². The van der Waals surface area contributed by atoms with Crippen LogP contribution < -0.4 is 10.6 Å². The molecule has 1 aliphatic carbocycles. The summed E-state index contributed by atoms with van der Waals surface area (Å²) in [5, 5.41) is 7.36. The highest BCUT2D eigenvalue weighted by molar-refractivity contribution is 8.14. The van der Waals surface area contributed by atoms with Crippen LogP contribution in [0.15, 0.2) is 4.99 Å². The number of nitrogens with zero attached hydrogens (tertiary/aromatic N) is 1. The molecule has 0 aromatic carbocycles. The van der Waals surface area contributed by atoms with Gasteiger partial charge < -0.3 is 10.6 Å². The van der Waals surface area contributed by atoms with Gasteiger partial charge in [0.1, 0.15) is 6.54 Å². The Morgan fingerprint density at radius 1 is 1.44 bits per heavy atom. The average molecular weight is 269 g/mol. The van der Waals surface area contributed by atoms with Crippen LogP contribution in [0.1, 0.15) is 45.4 Å². The van der Waals surface area contributed by atoms with Crippen LogP contribution in [0.3, 0.4) is 0 Å². The fourth-order valence-corrected chi connectivity index (χ4v) is 3.77. The maximum Gasteiger partial charge on any atom is 0.241 e. The van der Waals surface area contributed by atoms with E-state index in [-0.39, 0.29) is 18.0 Å². The normalized spacial score (nSPS) is 24.2. The Kier molecular flexibility index (Phi) is 4.92. The van der Waals surface area contributed by atoms with Crippen molar-refractivity contribution in [2.45, 2.75) is 51.0 Å². The molecule has 2 rings (SSSR count). The summed E-state index contributed by atoms with van der Waals surface area (Å²) in [7, 11) is 0. The van der Waals surface area contributed by atoms with Crippen molar-refractivity contribution < 1.29 is 4.79 Å². The molecule has 2 fully saturated rings. The lowest BCUT2D eigenvalue weighted by Gasteiger charge is -2.32. The molecule has 5 heteroatoms. The Labute approximate surface area is 113 Å². The van der Waals surface area contributed by atoms with Gasteiger partial charge in [0.2, 0.25) is 5.91 Å². The number of amides is 1. The number of amidine groups is 1. The van der Waals surface area contributed by atoms with E-state index in [2.05, 4.69) is 15.6 Å². The van der Waals surface area contributed by atoms with Gasteiger partial charge in [0.05, 0.1) is 0 Å². The Balaban J connectivity index is 1.79. The average Bonchev–Trinajstić information content (AvgIpc) is 2.78. The molecule has 0 atom stereocenters. The van der Waals surface area contributed by atoms with Crippen LogP contribution in [0.4, 0.5) is 0 Å². The number of thioether (sulfide) groups is 1. The van der Waals surface area contributed by atoms with Crippen molar-refractivity contribution in [1.82, 2.24) is 10.6 Å². The van der Waals surface area contributed by atoms with Crippen LogP contribution in [-0.2, 0) is 4.79 Å². The molecule has 1 spiro atoms. The number of hydrogen-bond acceptors (Lipinski definition) is 3. The number of rotatable bonds is 4. The van der Waals surface area contributed by atoms with Crippen molar-refractivity contribution in [3.8, 4) is 0 Å². The second-order valence-electron chi connectivity index (χ2n) is 5.23. The molecule has 4 nitrogen and oxygen atoms in total. The maximum absolute atomic E-state index is 11.5. The van der Waals surface area contributed by atoms with Crippen molar-refractivity contribution in [3.63, 3.8) is 0 Å². The van der Waals surface area contributed by atoms with E-state index in [1.807, 2.05) is 6.92 Å². The van der Waals surface area contributed by atoms with Crippen LogP contribution in [0.2, 0.25) is 0 Å². The molecule has 1 saturated heterocycles. The van der Waals surface area contributed by atoms with Crippen molar-refractivity contribution >= 4 is 22.8 Å². The first-order chi connectivity index (χ1) is 8.74. The topological polar surface area (TPSA) is 53.5 Å². The number of nitrogens with one attached hydrogen (secondary N) is 2. The summed E-state index contributed by atoms with van der Waals surface area (Å²) in [4.78, 5) is 15.9. The standard InChI is InChI=1S/C13H23N3OS/c1-2-8-14-11(17)9-15-12-16-13(10-18-12)6-4-3-5-7-13/h2-10H2,1H3,(H,14,17)(H,15,16). The highest BCUT2D eigenvalue weighted by Gasteiger charge is 2.37. The third-order valence-electron chi connectivity index (χ3n) is 3.61. The summed E-state index contributed by atoms with van der Waals surface area (Å²) in [6, 6.07) is 0. The molecule has 2 aliphatic rings. The first-order valence-corrected chi connectivity index (χ1v) is 7.95. The zero-order valence-corrected chi connectivity index (χ0v) is 11.9. The summed E-state index contributed by atoms with van der Waals surface area (Å²) >= 11 is 1.77. The Morgan fingerprint density at radius 2 is 2.22 bits per heavy atom. The van der Waals surface area contributed by atoms with E-state index in [1.165, 1.54) is 32.1 Å². The second kappa shape index (κ2) is 6.45. The van der Waals surface area contributed by atoms with E-state index in [1.54, 1.807) is 11.8 Å². The lowest BCUT2D eigenvalue weighted by atomic mass is 9.83. The Bertz CT molecular complexity index is 324. The Hall–Kier alpha value is -0.710. The Morgan fingerprint density at radius 3 is 2.94 bits per heavy atom. The predicted molar refractivity (Wildman–Crippen MR) is 77.0 cm³/mol. The fourth-order valence-electron chi connectivity index (χ4n) is 2.55. The predicted octanol–water partition coefficient (Wildman–Crippen LogP) is 1.91. The van der Waals surface area contributed by atoms with Gasteiger partial charge in [-0.25, -0.2) is 0 Å². The van der Waals surface area contributed by atoms with Crippen molar-refractivity contribution in [1.29, 1.82) is 0 Å². The monoisotopic (exact) mass is 269 g/mol. The minimum absolute atomic E-state index is 0.0244. The molecule has 0 radical (unpaired) electrons. The van der Waals surface area contributed by atoms with Gasteiger partial charge >= 0.3 is 0 Å². The quantitative estimate of drug-likeness (QED) is 0.819. The van der Waals surface area contributed by atoms with Gasteiger partial charge in [-0.3, -0.25) is 9.79 Å². The molecule has 1 heterocycles. The summed E-state index contributed by atoms with van der Waals surface area (Å²) in [6.45, 7) is 3.05. The summed E-state index contributed by atoms with van der Waals surface area (Å²) in [5.41, 5.74) is 0.279. The summed E-state index contributed by atoms with van der Waals surface area (Å²) < 4.78 is 0. The van der Waals surface area contributed by atoms with Gasteiger partial charge in [0.15, 0.2) is 5.17 Å². The van der Waals surface area contributed by atoms with Gasteiger partial charge in [-0.2, -0.15) is 0 Å². The van der Waals surface area contributed by atoms with Crippen molar-refractivity contribution in [3.05, 3.63) is 0 Å². The largest absolute Gasteiger partial charge is 0.359 e. The molecule has 102 valence electrons. The molecule has 18 heavy (non-hydrogen) atoms. The van der Waals surface area contributed by atoms with Crippen LogP contribution in [0, 0.1) is 0 Å². The lowest BCUT2D eigenvalue weighted by Crippen LogP contribution is -2.45. The first-order valence-electron chi connectivity index (χ1n) is 6.96. The van der Waals surface area contributed by atoms with Gasteiger partial charge in [0, 0.05) is 17.8 Å². The molecule has 0 bridgehead atoms. The SMILES string of the molecule is CCCNC(=O)CN=C1NC2(CCCCC2)CS1.